The van der Waals surface area contributed by atoms with Gasteiger partial charge >= 0.3 is 0 Å². The molecule has 8 heteroatoms. The molecule has 2 aliphatic rings. The number of ketones is 1. The van der Waals surface area contributed by atoms with Gasteiger partial charge < -0.3 is 5.73 Å². The fourth-order valence-corrected chi connectivity index (χ4v) is 4.65. The third-order valence-electron chi connectivity index (χ3n) is 6.05. The number of rotatable bonds is 4. The van der Waals surface area contributed by atoms with Gasteiger partial charge in [-0.05, 0) is 23.5 Å². The van der Waals surface area contributed by atoms with E-state index >= 15 is 0 Å². The summed E-state index contributed by atoms with van der Waals surface area (Å²) in [5, 5.41) is 24.6. The Kier molecular flexibility index (Phi) is 5.51. The van der Waals surface area contributed by atoms with E-state index in [1.54, 1.807) is 22.2 Å². The first-order valence-electron chi connectivity index (χ1n) is 10.3. The van der Waals surface area contributed by atoms with E-state index in [2.05, 4.69) is 6.07 Å². The van der Waals surface area contributed by atoms with Gasteiger partial charge in [-0.2, -0.15) is 5.26 Å². The number of hydrazine groups is 1. The van der Waals surface area contributed by atoms with Crippen molar-refractivity contribution in [2.75, 3.05) is 14.1 Å². The number of nitrogens with two attached hydrogens (primary N) is 1. The molecule has 4 rings (SSSR count). The molecule has 2 aromatic rings. The predicted molar refractivity (Wildman–Crippen MR) is 119 cm³/mol. The van der Waals surface area contributed by atoms with Gasteiger partial charge in [0.05, 0.1) is 22.5 Å². The Hall–Kier alpha value is -3.96. The van der Waals surface area contributed by atoms with E-state index in [0.717, 1.165) is 11.3 Å². The monoisotopic (exact) mass is 429 g/mol. The number of hydrogen-bond acceptors (Lipinski definition) is 7. The fourth-order valence-electron chi connectivity index (χ4n) is 4.65. The van der Waals surface area contributed by atoms with E-state index in [-0.39, 0.29) is 28.8 Å². The number of Topliss-reactive ketones (excluding diaryl/α,β-unsaturated/α-hetero) is 1. The number of benzene rings is 2. The first-order chi connectivity index (χ1) is 15.3. The minimum absolute atomic E-state index is 0.00107. The average Bonchev–Trinajstić information content (AvgIpc) is 2.78. The Bertz CT molecular complexity index is 1180. The topological polar surface area (TPSA) is 116 Å². The minimum atomic E-state index is -0.656. The van der Waals surface area contributed by atoms with E-state index in [0.29, 0.717) is 24.0 Å². The van der Waals surface area contributed by atoms with Crippen molar-refractivity contribution in [3.8, 4) is 6.07 Å². The molecule has 8 nitrogen and oxygen atoms in total. The second-order valence-electron chi connectivity index (χ2n) is 8.15. The number of nitro benzene ring substituents is 1. The van der Waals surface area contributed by atoms with Gasteiger partial charge in [0.2, 0.25) is 0 Å². The van der Waals surface area contributed by atoms with Crippen molar-refractivity contribution in [3.63, 3.8) is 0 Å². The largest absolute Gasteiger partial charge is 0.383 e. The normalized spacial score (nSPS) is 20.9. The van der Waals surface area contributed by atoms with E-state index in [9.17, 15) is 20.2 Å². The summed E-state index contributed by atoms with van der Waals surface area (Å²) in [5.41, 5.74) is 9.68. The lowest BCUT2D eigenvalue weighted by Gasteiger charge is -2.43. The maximum atomic E-state index is 13.5. The Labute approximate surface area is 186 Å². The summed E-state index contributed by atoms with van der Waals surface area (Å²) < 4.78 is 0. The summed E-state index contributed by atoms with van der Waals surface area (Å²) in [6.07, 6.45) is 0.915. The molecule has 1 aliphatic carbocycles. The SMILES string of the molecule is CN(C)N1C(N)=C(C#N)[C@H](c2ccc([N+](=O)[O-])cc2)C2=C1C[C@H](c1ccccc1)CC2=O. The molecule has 0 aromatic heterocycles. The zero-order valence-corrected chi connectivity index (χ0v) is 17.9. The lowest BCUT2D eigenvalue weighted by Crippen LogP contribution is -2.46. The number of non-ortho nitro benzene ring substituents is 1. The molecule has 1 aliphatic heterocycles. The van der Waals surface area contributed by atoms with Gasteiger partial charge in [0.1, 0.15) is 5.82 Å². The fraction of sp³-hybridized carbons (Fsp3) is 0.250. The van der Waals surface area contributed by atoms with Crippen LogP contribution in [0.4, 0.5) is 5.69 Å². The number of nitro groups is 1. The summed E-state index contributed by atoms with van der Waals surface area (Å²) in [4.78, 5) is 24.1. The van der Waals surface area contributed by atoms with Gasteiger partial charge in [-0.25, -0.2) is 5.01 Å². The first-order valence-corrected chi connectivity index (χ1v) is 10.3. The molecule has 0 radical (unpaired) electrons. The summed E-state index contributed by atoms with van der Waals surface area (Å²) in [6, 6.07) is 18.0. The van der Waals surface area contributed by atoms with Crippen molar-refractivity contribution in [1.29, 1.82) is 5.26 Å². The molecule has 0 fully saturated rings. The maximum Gasteiger partial charge on any atom is 0.269 e. The molecule has 0 spiro atoms. The average molecular weight is 429 g/mol. The number of carbonyl (C=O) groups is 1. The third kappa shape index (κ3) is 3.53. The number of nitrogens with zero attached hydrogens (tertiary/aromatic N) is 4. The van der Waals surface area contributed by atoms with Crippen LogP contribution in [0.5, 0.6) is 0 Å². The Morgan fingerprint density at radius 1 is 1.09 bits per heavy atom. The van der Waals surface area contributed by atoms with Gasteiger partial charge in [0.25, 0.3) is 5.69 Å². The number of carbonyl (C=O) groups excluding carboxylic acids is 1. The zero-order valence-electron chi connectivity index (χ0n) is 17.9. The molecule has 0 unspecified atom stereocenters. The highest BCUT2D eigenvalue weighted by Gasteiger charge is 2.43. The molecule has 2 atom stereocenters. The van der Waals surface area contributed by atoms with Gasteiger partial charge in [-0.15, -0.1) is 0 Å². The quantitative estimate of drug-likeness (QED) is 0.583. The maximum absolute atomic E-state index is 13.5. The predicted octanol–water partition coefficient (Wildman–Crippen LogP) is 3.57. The van der Waals surface area contributed by atoms with Crippen molar-refractivity contribution in [2.45, 2.75) is 24.7 Å². The second-order valence-corrected chi connectivity index (χ2v) is 8.15. The second kappa shape index (κ2) is 8.29. The van der Waals surface area contributed by atoms with E-state index in [1.807, 2.05) is 44.4 Å². The van der Waals surface area contributed by atoms with E-state index in [4.69, 9.17) is 5.73 Å². The first kappa shape index (κ1) is 21.3. The molecule has 0 amide bonds. The van der Waals surface area contributed by atoms with Crippen molar-refractivity contribution < 1.29 is 9.72 Å². The molecule has 1 heterocycles. The molecular formula is C24H23N5O3. The van der Waals surface area contributed by atoms with Crippen LogP contribution in [0.25, 0.3) is 0 Å². The summed E-state index contributed by atoms with van der Waals surface area (Å²) >= 11 is 0. The van der Waals surface area contributed by atoms with Crippen molar-refractivity contribution in [1.82, 2.24) is 10.0 Å². The minimum Gasteiger partial charge on any atom is -0.383 e. The van der Waals surface area contributed by atoms with Gasteiger partial charge in [-0.1, -0.05) is 42.5 Å². The molecule has 2 N–H and O–H groups in total. The number of hydrogen-bond donors (Lipinski definition) is 1. The molecule has 0 saturated carbocycles. The Balaban J connectivity index is 1.87. The van der Waals surface area contributed by atoms with Crippen LogP contribution in [0.3, 0.4) is 0 Å². The highest BCUT2D eigenvalue weighted by molar-refractivity contribution is 6.00. The van der Waals surface area contributed by atoms with Crippen LogP contribution >= 0.6 is 0 Å². The number of nitriles is 1. The summed E-state index contributed by atoms with van der Waals surface area (Å²) in [6.45, 7) is 0. The Morgan fingerprint density at radius 2 is 1.75 bits per heavy atom. The van der Waals surface area contributed by atoms with Crippen molar-refractivity contribution in [2.24, 2.45) is 5.73 Å². The number of allylic oxidation sites excluding steroid dienone is 3. The van der Waals surface area contributed by atoms with E-state index < -0.39 is 10.8 Å². The van der Waals surface area contributed by atoms with Crippen LogP contribution in [0.15, 0.2) is 77.3 Å². The van der Waals surface area contributed by atoms with Crippen LogP contribution < -0.4 is 5.73 Å². The standard InChI is InChI=1S/C24H23N5O3/c1-27(2)28-20-12-17(15-6-4-3-5-7-15)13-21(30)23(20)22(19(14-25)24(28)26)16-8-10-18(11-9-16)29(31)32/h3-11,17,22H,12-13,26H2,1-2H3/t17-,22-/m0/s1. The van der Waals surface area contributed by atoms with Crippen LogP contribution in [-0.2, 0) is 4.79 Å². The summed E-state index contributed by atoms with van der Waals surface area (Å²) in [7, 11) is 3.63. The van der Waals surface area contributed by atoms with Gasteiger partial charge in [0, 0.05) is 43.9 Å². The Morgan fingerprint density at radius 3 is 2.31 bits per heavy atom. The van der Waals surface area contributed by atoms with Crippen LogP contribution in [0.2, 0.25) is 0 Å². The van der Waals surface area contributed by atoms with Crippen molar-refractivity contribution >= 4 is 11.5 Å². The highest BCUT2D eigenvalue weighted by atomic mass is 16.6. The van der Waals surface area contributed by atoms with Crippen molar-refractivity contribution in [3.05, 3.63) is 98.5 Å². The van der Waals surface area contributed by atoms with Gasteiger partial charge in [0.15, 0.2) is 5.78 Å². The van der Waals surface area contributed by atoms with Crippen LogP contribution in [0, 0.1) is 21.4 Å². The van der Waals surface area contributed by atoms with Crippen LogP contribution in [0.1, 0.15) is 35.8 Å². The third-order valence-corrected chi connectivity index (χ3v) is 6.05. The molecule has 162 valence electrons. The smallest absolute Gasteiger partial charge is 0.269 e. The summed E-state index contributed by atoms with van der Waals surface area (Å²) in [5.74, 6) is -0.438. The molecular weight excluding hydrogens is 406 g/mol. The van der Waals surface area contributed by atoms with Crippen LogP contribution in [-0.4, -0.2) is 34.8 Å². The molecule has 2 aromatic carbocycles. The van der Waals surface area contributed by atoms with E-state index in [1.165, 1.54) is 12.1 Å². The molecule has 0 bridgehead atoms. The lowest BCUT2D eigenvalue weighted by atomic mass is 9.72. The highest BCUT2D eigenvalue weighted by Crippen LogP contribution is 2.48. The molecule has 32 heavy (non-hydrogen) atoms. The zero-order chi connectivity index (χ0) is 23.0. The van der Waals surface area contributed by atoms with Gasteiger partial charge in [-0.3, -0.25) is 19.9 Å². The molecule has 0 saturated heterocycles. The lowest BCUT2D eigenvalue weighted by molar-refractivity contribution is -0.384.